The number of rotatable bonds is 2. The third kappa shape index (κ3) is 1.90. The lowest BCUT2D eigenvalue weighted by molar-refractivity contribution is 1.06. The van der Waals surface area contributed by atoms with Crippen molar-refractivity contribution in [2.24, 2.45) is 0 Å². The Morgan fingerprint density at radius 3 is 3.00 bits per heavy atom. The highest BCUT2D eigenvalue weighted by molar-refractivity contribution is 7.99. The molecule has 3 nitrogen and oxygen atoms in total. The van der Waals surface area contributed by atoms with Gasteiger partial charge in [-0.1, -0.05) is 6.07 Å². The van der Waals surface area contributed by atoms with Crippen LogP contribution >= 0.6 is 11.8 Å². The average Bonchev–Trinajstić information content (AvgIpc) is 2.64. The van der Waals surface area contributed by atoms with E-state index in [0.717, 1.165) is 15.7 Å². The van der Waals surface area contributed by atoms with Crippen molar-refractivity contribution in [1.29, 1.82) is 0 Å². The summed E-state index contributed by atoms with van der Waals surface area (Å²) in [6, 6.07) is 5.98. The molecule has 3 N–H and O–H groups in total. The van der Waals surface area contributed by atoms with Gasteiger partial charge in [-0.15, -0.1) is 0 Å². The minimum atomic E-state index is 0.789. The summed E-state index contributed by atoms with van der Waals surface area (Å²) in [7, 11) is 0. The molecule has 2 rings (SSSR count). The van der Waals surface area contributed by atoms with E-state index in [2.05, 4.69) is 16.0 Å². The van der Waals surface area contributed by atoms with Crippen LogP contribution in [0.3, 0.4) is 0 Å². The van der Waals surface area contributed by atoms with Gasteiger partial charge < -0.3 is 10.7 Å². The third-order valence-corrected chi connectivity index (χ3v) is 2.84. The van der Waals surface area contributed by atoms with E-state index < -0.39 is 0 Å². The maximum atomic E-state index is 5.84. The van der Waals surface area contributed by atoms with Crippen LogP contribution in [0, 0.1) is 6.92 Å². The minimum Gasteiger partial charge on any atom is -0.398 e. The zero-order valence-electron chi connectivity index (χ0n) is 7.82. The molecule has 1 aromatic carbocycles. The fourth-order valence-corrected chi connectivity index (χ4v) is 2.02. The highest BCUT2D eigenvalue weighted by Crippen LogP contribution is 2.30. The van der Waals surface area contributed by atoms with Gasteiger partial charge in [0.2, 0.25) is 0 Å². The summed E-state index contributed by atoms with van der Waals surface area (Å²) < 4.78 is 0. The Morgan fingerprint density at radius 2 is 2.29 bits per heavy atom. The molecule has 1 heterocycles. The molecule has 0 saturated heterocycles. The molecule has 0 amide bonds. The summed E-state index contributed by atoms with van der Waals surface area (Å²) in [5, 5.41) is 0.863. The number of imidazole rings is 1. The van der Waals surface area contributed by atoms with Crippen molar-refractivity contribution in [2.45, 2.75) is 17.0 Å². The number of H-pyrrole nitrogens is 1. The molecule has 0 aliphatic heterocycles. The number of nitrogens with two attached hydrogens (primary N) is 1. The van der Waals surface area contributed by atoms with E-state index in [-0.39, 0.29) is 0 Å². The molecular weight excluding hydrogens is 194 g/mol. The minimum absolute atomic E-state index is 0.789. The average molecular weight is 205 g/mol. The monoisotopic (exact) mass is 205 g/mol. The summed E-state index contributed by atoms with van der Waals surface area (Å²) in [6.45, 7) is 2.05. The van der Waals surface area contributed by atoms with Crippen LogP contribution in [0.25, 0.3) is 0 Å². The van der Waals surface area contributed by atoms with Crippen molar-refractivity contribution in [3.8, 4) is 0 Å². The molecule has 0 atom stereocenters. The maximum absolute atomic E-state index is 5.84. The Kier molecular flexibility index (Phi) is 2.45. The van der Waals surface area contributed by atoms with Gasteiger partial charge in [0, 0.05) is 23.0 Å². The molecule has 0 unspecified atom stereocenters. The Labute approximate surface area is 86.7 Å². The number of benzene rings is 1. The largest absolute Gasteiger partial charge is 0.398 e. The molecule has 14 heavy (non-hydrogen) atoms. The second-order valence-electron chi connectivity index (χ2n) is 3.04. The third-order valence-electron chi connectivity index (χ3n) is 1.85. The molecule has 0 aliphatic carbocycles. The highest BCUT2D eigenvalue weighted by Gasteiger charge is 2.03. The van der Waals surface area contributed by atoms with Gasteiger partial charge >= 0.3 is 0 Å². The van der Waals surface area contributed by atoms with Crippen molar-refractivity contribution in [1.82, 2.24) is 9.97 Å². The predicted octanol–water partition coefficient (Wildman–Crippen LogP) is 2.45. The summed E-state index contributed by atoms with van der Waals surface area (Å²) >= 11 is 1.54. The van der Waals surface area contributed by atoms with Gasteiger partial charge in [0.25, 0.3) is 0 Å². The molecule has 2 aromatic rings. The van der Waals surface area contributed by atoms with E-state index >= 15 is 0 Å². The van der Waals surface area contributed by atoms with Crippen LogP contribution in [0.1, 0.15) is 5.56 Å². The summed E-state index contributed by atoms with van der Waals surface area (Å²) in [5.74, 6) is 0. The number of nitrogen functional groups attached to an aromatic ring is 1. The molecule has 0 radical (unpaired) electrons. The van der Waals surface area contributed by atoms with E-state index in [1.165, 1.54) is 5.56 Å². The first-order valence-corrected chi connectivity index (χ1v) is 5.11. The van der Waals surface area contributed by atoms with E-state index in [1.807, 2.05) is 19.1 Å². The first-order chi connectivity index (χ1) is 6.75. The standard InChI is InChI=1S/C10H11N3S/c1-7-2-3-8(11)9(6-7)14-10-12-4-5-13-10/h2-6H,11H2,1H3,(H,12,13). The highest BCUT2D eigenvalue weighted by atomic mass is 32.2. The van der Waals surface area contributed by atoms with Crippen molar-refractivity contribution in [3.63, 3.8) is 0 Å². The Balaban J connectivity index is 2.28. The number of nitrogens with one attached hydrogen (secondary N) is 1. The van der Waals surface area contributed by atoms with Gasteiger partial charge in [0.05, 0.1) is 0 Å². The Bertz CT molecular complexity index is 423. The summed E-state index contributed by atoms with van der Waals surface area (Å²) in [5.41, 5.74) is 7.83. The fraction of sp³-hybridized carbons (Fsp3) is 0.100. The number of aromatic nitrogens is 2. The first kappa shape index (κ1) is 9.15. The van der Waals surface area contributed by atoms with Crippen molar-refractivity contribution < 1.29 is 0 Å². The van der Waals surface area contributed by atoms with Gasteiger partial charge in [0.15, 0.2) is 5.16 Å². The van der Waals surface area contributed by atoms with E-state index in [0.29, 0.717) is 0 Å². The molecule has 0 spiro atoms. The van der Waals surface area contributed by atoms with Crippen LogP contribution < -0.4 is 5.73 Å². The summed E-state index contributed by atoms with van der Waals surface area (Å²) in [4.78, 5) is 8.20. The summed E-state index contributed by atoms with van der Waals surface area (Å²) in [6.07, 6.45) is 3.53. The Hall–Kier alpha value is -1.42. The molecule has 0 aliphatic rings. The van der Waals surface area contributed by atoms with Gasteiger partial charge in [0.1, 0.15) is 0 Å². The lowest BCUT2D eigenvalue weighted by atomic mass is 10.2. The van der Waals surface area contributed by atoms with Gasteiger partial charge in [-0.25, -0.2) is 4.98 Å². The smallest absolute Gasteiger partial charge is 0.170 e. The molecule has 0 saturated carbocycles. The SMILES string of the molecule is Cc1ccc(N)c(Sc2ncc[nH]2)c1. The molecule has 72 valence electrons. The van der Waals surface area contributed by atoms with Crippen molar-refractivity contribution in [2.75, 3.05) is 5.73 Å². The van der Waals surface area contributed by atoms with Gasteiger partial charge in [-0.2, -0.15) is 0 Å². The van der Waals surface area contributed by atoms with Crippen molar-refractivity contribution in [3.05, 3.63) is 36.2 Å². The topological polar surface area (TPSA) is 54.7 Å². The van der Waals surface area contributed by atoms with Crippen LogP contribution in [0.2, 0.25) is 0 Å². The van der Waals surface area contributed by atoms with Crippen molar-refractivity contribution >= 4 is 17.4 Å². The zero-order valence-corrected chi connectivity index (χ0v) is 8.64. The predicted molar refractivity (Wildman–Crippen MR) is 58.3 cm³/mol. The van der Waals surface area contributed by atoms with E-state index in [4.69, 9.17) is 5.73 Å². The lowest BCUT2D eigenvalue weighted by Crippen LogP contribution is -1.89. The van der Waals surface area contributed by atoms with Crippen LogP contribution in [-0.4, -0.2) is 9.97 Å². The zero-order chi connectivity index (χ0) is 9.97. The molecular formula is C10H11N3S. The normalized spacial score (nSPS) is 10.4. The second-order valence-corrected chi connectivity index (χ2v) is 4.07. The maximum Gasteiger partial charge on any atom is 0.170 e. The van der Waals surface area contributed by atoms with E-state index in [9.17, 15) is 0 Å². The number of hydrogen-bond donors (Lipinski definition) is 2. The van der Waals surface area contributed by atoms with Crippen LogP contribution in [-0.2, 0) is 0 Å². The molecule has 0 fully saturated rings. The lowest BCUT2D eigenvalue weighted by Gasteiger charge is -2.03. The molecule has 4 heteroatoms. The van der Waals surface area contributed by atoms with Crippen LogP contribution in [0.5, 0.6) is 0 Å². The molecule has 0 bridgehead atoms. The number of aromatic amines is 1. The van der Waals surface area contributed by atoms with Gasteiger partial charge in [-0.3, -0.25) is 0 Å². The van der Waals surface area contributed by atoms with E-state index in [1.54, 1.807) is 24.2 Å². The quantitative estimate of drug-likeness (QED) is 0.740. The van der Waals surface area contributed by atoms with Crippen LogP contribution in [0.4, 0.5) is 5.69 Å². The number of aryl methyl sites for hydroxylation is 1. The number of hydrogen-bond acceptors (Lipinski definition) is 3. The number of anilines is 1. The van der Waals surface area contributed by atoms with Gasteiger partial charge in [-0.05, 0) is 36.4 Å². The first-order valence-electron chi connectivity index (χ1n) is 4.29. The fourth-order valence-electron chi connectivity index (χ4n) is 1.14. The van der Waals surface area contributed by atoms with Crippen LogP contribution in [0.15, 0.2) is 40.6 Å². The molecule has 1 aromatic heterocycles. The number of nitrogens with zero attached hydrogens (tertiary/aromatic N) is 1. The Morgan fingerprint density at radius 1 is 1.43 bits per heavy atom. The second kappa shape index (κ2) is 3.75.